The lowest BCUT2D eigenvalue weighted by Crippen LogP contribution is -2.27. The Morgan fingerprint density at radius 2 is 2.25 bits per heavy atom. The fourth-order valence-corrected chi connectivity index (χ4v) is 1.37. The molecule has 2 rings (SSSR count). The molecule has 2 heteroatoms. The minimum atomic E-state index is 0.211. The van der Waals surface area contributed by atoms with Gasteiger partial charge in [0.1, 0.15) is 0 Å². The second-order valence-corrected chi connectivity index (χ2v) is 3.64. The SMILES string of the molecule is CC1C(N)=CC=CC1OC1CC1. The van der Waals surface area contributed by atoms with Gasteiger partial charge in [-0.15, -0.1) is 0 Å². The molecule has 2 unspecified atom stereocenters. The number of hydrogen-bond acceptors (Lipinski definition) is 2. The first-order valence-electron chi connectivity index (χ1n) is 4.56. The van der Waals surface area contributed by atoms with Gasteiger partial charge in [0.25, 0.3) is 0 Å². The average molecular weight is 165 g/mol. The summed E-state index contributed by atoms with van der Waals surface area (Å²) in [5, 5.41) is 0. The zero-order valence-electron chi connectivity index (χ0n) is 7.36. The highest BCUT2D eigenvalue weighted by molar-refractivity contribution is 5.21. The van der Waals surface area contributed by atoms with E-state index in [0.717, 1.165) is 5.70 Å². The zero-order valence-corrected chi connectivity index (χ0v) is 7.36. The summed E-state index contributed by atoms with van der Waals surface area (Å²) in [5.74, 6) is 0.343. The van der Waals surface area contributed by atoms with Crippen LogP contribution in [0.2, 0.25) is 0 Å². The Balaban J connectivity index is 1.97. The van der Waals surface area contributed by atoms with E-state index in [2.05, 4.69) is 13.0 Å². The lowest BCUT2D eigenvalue weighted by Gasteiger charge is -2.24. The molecule has 2 aliphatic carbocycles. The van der Waals surface area contributed by atoms with Crippen molar-refractivity contribution < 1.29 is 4.74 Å². The van der Waals surface area contributed by atoms with Gasteiger partial charge in [-0.1, -0.05) is 19.1 Å². The molecule has 2 N–H and O–H groups in total. The molecule has 0 bridgehead atoms. The predicted molar refractivity (Wildman–Crippen MR) is 48.5 cm³/mol. The number of hydrogen-bond donors (Lipinski definition) is 1. The van der Waals surface area contributed by atoms with E-state index in [-0.39, 0.29) is 6.10 Å². The summed E-state index contributed by atoms with van der Waals surface area (Å²) in [7, 11) is 0. The molecular weight excluding hydrogens is 150 g/mol. The van der Waals surface area contributed by atoms with E-state index in [1.165, 1.54) is 12.8 Å². The second-order valence-electron chi connectivity index (χ2n) is 3.64. The van der Waals surface area contributed by atoms with Crippen LogP contribution in [-0.4, -0.2) is 12.2 Å². The van der Waals surface area contributed by atoms with Crippen molar-refractivity contribution in [2.45, 2.75) is 32.0 Å². The maximum atomic E-state index is 5.79. The molecule has 66 valence electrons. The number of rotatable bonds is 2. The Morgan fingerprint density at radius 1 is 1.50 bits per heavy atom. The maximum absolute atomic E-state index is 5.79. The van der Waals surface area contributed by atoms with Gasteiger partial charge in [0.15, 0.2) is 0 Å². The summed E-state index contributed by atoms with van der Waals surface area (Å²) in [6.45, 7) is 2.11. The molecule has 1 fully saturated rings. The second kappa shape index (κ2) is 2.94. The van der Waals surface area contributed by atoms with Crippen molar-refractivity contribution >= 4 is 0 Å². The fourth-order valence-electron chi connectivity index (χ4n) is 1.37. The predicted octanol–water partition coefficient (Wildman–Crippen LogP) is 1.58. The topological polar surface area (TPSA) is 35.2 Å². The van der Waals surface area contributed by atoms with Crippen molar-refractivity contribution in [3.8, 4) is 0 Å². The van der Waals surface area contributed by atoms with E-state index in [0.29, 0.717) is 12.0 Å². The van der Waals surface area contributed by atoms with Crippen LogP contribution in [0.4, 0.5) is 0 Å². The molecule has 0 amide bonds. The van der Waals surface area contributed by atoms with E-state index >= 15 is 0 Å². The zero-order chi connectivity index (χ0) is 8.55. The lowest BCUT2D eigenvalue weighted by atomic mass is 9.96. The molecule has 0 aromatic heterocycles. The first-order valence-corrected chi connectivity index (χ1v) is 4.56. The molecule has 0 radical (unpaired) electrons. The van der Waals surface area contributed by atoms with Crippen LogP contribution in [0, 0.1) is 5.92 Å². The third-order valence-corrected chi connectivity index (χ3v) is 2.48. The number of allylic oxidation sites excluding steroid dienone is 2. The average Bonchev–Trinajstić information content (AvgIpc) is 2.83. The molecule has 12 heavy (non-hydrogen) atoms. The summed E-state index contributed by atoms with van der Waals surface area (Å²) in [6.07, 6.45) is 9.20. The Labute approximate surface area is 73.1 Å². The van der Waals surface area contributed by atoms with E-state index in [1.807, 2.05) is 12.2 Å². The van der Waals surface area contributed by atoms with Crippen LogP contribution >= 0.6 is 0 Å². The van der Waals surface area contributed by atoms with Crippen LogP contribution in [0.3, 0.4) is 0 Å². The molecule has 0 spiro atoms. The van der Waals surface area contributed by atoms with Crippen molar-refractivity contribution in [3.63, 3.8) is 0 Å². The van der Waals surface area contributed by atoms with Gasteiger partial charge in [-0.2, -0.15) is 0 Å². The largest absolute Gasteiger partial charge is 0.402 e. The summed E-state index contributed by atoms with van der Waals surface area (Å²) >= 11 is 0. The summed E-state index contributed by atoms with van der Waals surface area (Å²) in [5.41, 5.74) is 6.73. The van der Waals surface area contributed by atoms with Crippen LogP contribution < -0.4 is 5.73 Å². The van der Waals surface area contributed by atoms with Gasteiger partial charge >= 0.3 is 0 Å². The molecular formula is C10H15NO. The quantitative estimate of drug-likeness (QED) is 0.674. The minimum Gasteiger partial charge on any atom is -0.402 e. The van der Waals surface area contributed by atoms with Gasteiger partial charge in [-0.25, -0.2) is 0 Å². The maximum Gasteiger partial charge on any atom is 0.0842 e. The first kappa shape index (κ1) is 7.87. The van der Waals surface area contributed by atoms with Crippen molar-refractivity contribution in [2.24, 2.45) is 11.7 Å². The Hall–Kier alpha value is -0.760. The molecule has 0 saturated heterocycles. The van der Waals surface area contributed by atoms with Gasteiger partial charge in [0.05, 0.1) is 12.2 Å². The molecule has 0 aromatic carbocycles. The number of nitrogens with two attached hydrogens (primary N) is 1. The first-order chi connectivity index (χ1) is 5.77. The monoisotopic (exact) mass is 165 g/mol. The molecule has 0 aromatic rings. The summed E-state index contributed by atoms with van der Waals surface area (Å²) < 4.78 is 5.78. The van der Waals surface area contributed by atoms with Crippen molar-refractivity contribution in [1.82, 2.24) is 0 Å². The lowest BCUT2D eigenvalue weighted by molar-refractivity contribution is 0.0453. The van der Waals surface area contributed by atoms with E-state index in [9.17, 15) is 0 Å². The summed E-state index contributed by atoms with van der Waals surface area (Å²) in [4.78, 5) is 0. The Kier molecular flexibility index (Phi) is 1.93. The molecule has 1 saturated carbocycles. The van der Waals surface area contributed by atoms with Gasteiger partial charge in [-0.3, -0.25) is 0 Å². The van der Waals surface area contributed by atoms with E-state index in [1.54, 1.807) is 0 Å². The van der Waals surface area contributed by atoms with Gasteiger partial charge in [0.2, 0.25) is 0 Å². The smallest absolute Gasteiger partial charge is 0.0842 e. The summed E-state index contributed by atoms with van der Waals surface area (Å²) in [6, 6.07) is 0. The molecule has 2 aliphatic rings. The van der Waals surface area contributed by atoms with Crippen molar-refractivity contribution in [1.29, 1.82) is 0 Å². The number of ether oxygens (including phenoxy) is 1. The molecule has 2 nitrogen and oxygen atoms in total. The highest BCUT2D eigenvalue weighted by Crippen LogP contribution is 2.29. The van der Waals surface area contributed by atoms with E-state index in [4.69, 9.17) is 10.5 Å². The highest BCUT2D eigenvalue weighted by atomic mass is 16.5. The van der Waals surface area contributed by atoms with Gasteiger partial charge < -0.3 is 10.5 Å². The molecule has 0 aliphatic heterocycles. The third-order valence-electron chi connectivity index (χ3n) is 2.48. The normalized spacial score (nSPS) is 34.9. The van der Waals surface area contributed by atoms with Crippen LogP contribution in [0.25, 0.3) is 0 Å². The van der Waals surface area contributed by atoms with Crippen LogP contribution in [-0.2, 0) is 4.74 Å². The van der Waals surface area contributed by atoms with Crippen molar-refractivity contribution in [3.05, 3.63) is 23.9 Å². The van der Waals surface area contributed by atoms with Crippen LogP contribution in [0.1, 0.15) is 19.8 Å². The standard InChI is InChI=1S/C10H15NO/c1-7-9(11)3-2-4-10(7)12-8-5-6-8/h2-4,7-8,10H,5-6,11H2,1H3. The molecule has 2 atom stereocenters. The van der Waals surface area contributed by atoms with Crippen molar-refractivity contribution in [2.75, 3.05) is 0 Å². The Bertz CT molecular complexity index is 228. The van der Waals surface area contributed by atoms with Gasteiger partial charge in [0, 0.05) is 11.6 Å². The van der Waals surface area contributed by atoms with Crippen LogP contribution in [0.15, 0.2) is 23.9 Å². The van der Waals surface area contributed by atoms with Crippen LogP contribution in [0.5, 0.6) is 0 Å². The fraction of sp³-hybridized carbons (Fsp3) is 0.600. The highest BCUT2D eigenvalue weighted by Gasteiger charge is 2.29. The molecule has 0 heterocycles. The Morgan fingerprint density at radius 3 is 2.92 bits per heavy atom. The third kappa shape index (κ3) is 1.53. The van der Waals surface area contributed by atoms with Gasteiger partial charge in [-0.05, 0) is 18.9 Å². The minimum absolute atomic E-state index is 0.211. The van der Waals surface area contributed by atoms with E-state index < -0.39 is 0 Å².